The Morgan fingerprint density at radius 1 is 1.19 bits per heavy atom. The molecule has 0 bridgehead atoms. The number of amides is 1. The third kappa shape index (κ3) is 2.66. The first-order valence-corrected chi connectivity index (χ1v) is 7.23. The molecule has 1 aliphatic carbocycles. The standard InChI is InChI=1S/C17H15ClFNO/c1-11-2-5-13(18)10-15(11)20-16(21)17(8-9-17)12-3-6-14(19)7-4-12/h2-7,10H,8-9H2,1H3,(H,20,21). The van der Waals surface area contributed by atoms with Crippen molar-refractivity contribution in [2.24, 2.45) is 0 Å². The van der Waals surface area contributed by atoms with E-state index in [4.69, 9.17) is 11.6 Å². The Bertz CT molecular complexity index is 692. The van der Waals surface area contributed by atoms with Crippen molar-refractivity contribution in [3.8, 4) is 0 Å². The van der Waals surface area contributed by atoms with E-state index in [9.17, 15) is 9.18 Å². The Hall–Kier alpha value is -1.87. The molecule has 2 aromatic rings. The summed E-state index contributed by atoms with van der Waals surface area (Å²) in [6.07, 6.45) is 1.56. The molecule has 0 atom stereocenters. The van der Waals surface area contributed by atoms with Crippen LogP contribution in [0.3, 0.4) is 0 Å². The van der Waals surface area contributed by atoms with E-state index in [0.717, 1.165) is 29.7 Å². The highest BCUT2D eigenvalue weighted by atomic mass is 35.5. The van der Waals surface area contributed by atoms with Gasteiger partial charge in [0.05, 0.1) is 5.41 Å². The molecule has 0 spiro atoms. The highest BCUT2D eigenvalue weighted by molar-refractivity contribution is 6.31. The molecule has 21 heavy (non-hydrogen) atoms. The first-order valence-electron chi connectivity index (χ1n) is 6.85. The van der Waals surface area contributed by atoms with Gasteiger partial charge in [0.15, 0.2) is 0 Å². The smallest absolute Gasteiger partial charge is 0.235 e. The average molecular weight is 304 g/mol. The minimum Gasteiger partial charge on any atom is -0.325 e. The molecule has 0 aromatic heterocycles. The lowest BCUT2D eigenvalue weighted by Crippen LogP contribution is -2.28. The zero-order valence-corrected chi connectivity index (χ0v) is 12.4. The molecule has 0 saturated heterocycles. The van der Waals surface area contributed by atoms with Gasteiger partial charge in [0.25, 0.3) is 0 Å². The molecule has 4 heteroatoms. The number of nitrogens with one attached hydrogen (secondary N) is 1. The maximum absolute atomic E-state index is 13.0. The van der Waals surface area contributed by atoms with Gasteiger partial charge in [0.1, 0.15) is 5.82 Å². The zero-order chi connectivity index (χ0) is 15.0. The summed E-state index contributed by atoms with van der Waals surface area (Å²) in [4.78, 5) is 12.6. The second-order valence-electron chi connectivity index (χ2n) is 5.50. The number of carbonyl (C=O) groups excluding carboxylic acids is 1. The third-order valence-electron chi connectivity index (χ3n) is 4.03. The molecule has 1 N–H and O–H groups in total. The Labute approximate surface area is 127 Å². The number of carbonyl (C=O) groups is 1. The predicted molar refractivity (Wildman–Crippen MR) is 82.1 cm³/mol. The summed E-state index contributed by atoms with van der Waals surface area (Å²) in [6, 6.07) is 11.6. The molecular weight excluding hydrogens is 289 g/mol. The number of hydrogen-bond acceptors (Lipinski definition) is 1. The molecule has 0 unspecified atom stereocenters. The van der Waals surface area contributed by atoms with Crippen molar-refractivity contribution < 1.29 is 9.18 Å². The fraction of sp³-hybridized carbons (Fsp3) is 0.235. The predicted octanol–water partition coefficient (Wildman–Crippen LogP) is 4.46. The van der Waals surface area contributed by atoms with Crippen molar-refractivity contribution in [2.45, 2.75) is 25.2 Å². The molecule has 0 heterocycles. The molecule has 2 nitrogen and oxygen atoms in total. The summed E-state index contributed by atoms with van der Waals surface area (Å²) < 4.78 is 13.0. The largest absolute Gasteiger partial charge is 0.325 e. The van der Waals surface area contributed by atoms with Crippen LogP contribution in [0.4, 0.5) is 10.1 Å². The fourth-order valence-electron chi connectivity index (χ4n) is 2.51. The van der Waals surface area contributed by atoms with Gasteiger partial charge in [-0.05, 0) is 55.2 Å². The maximum atomic E-state index is 13.0. The molecule has 1 amide bonds. The molecule has 108 valence electrons. The Morgan fingerprint density at radius 3 is 2.48 bits per heavy atom. The van der Waals surface area contributed by atoms with Crippen LogP contribution >= 0.6 is 11.6 Å². The van der Waals surface area contributed by atoms with Gasteiger partial charge in [-0.1, -0.05) is 29.8 Å². The molecule has 2 aromatic carbocycles. The van der Waals surface area contributed by atoms with E-state index in [1.165, 1.54) is 12.1 Å². The topological polar surface area (TPSA) is 29.1 Å². The van der Waals surface area contributed by atoms with Crippen LogP contribution in [0.1, 0.15) is 24.0 Å². The fourth-order valence-corrected chi connectivity index (χ4v) is 2.68. The number of benzene rings is 2. The molecule has 1 saturated carbocycles. The molecule has 0 aliphatic heterocycles. The molecule has 1 aliphatic rings. The van der Waals surface area contributed by atoms with E-state index in [1.54, 1.807) is 24.3 Å². The lowest BCUT2D eigenvalue weighted by molar-refractivity contribution is -0.118. The van der Waals surface area contributed by atoms with Crippen LogP contribution in [0, 0.1) is 12.7 Å². The summed E-state index contributed by atoms with van der Waals surface area (Å²) in [5.41, 5.74) is 2.02. The van der Waals surface area contributed by atoms with Crippen molar-refractivity contribution in [1.29, 1.82) is 0 Å². The highest BCUT2D eigenvalue weighted by Crippen LogP contribution is 2.49. The van der Waals surface area contributed by atoms with Gasteiger partial charge in [0, 0.05) is 10.7 Å². The van der Waals surface area contributed by atoms with E-state index in [1.807, 2.05) is 13.0 Å². The van der Waals surface area contributed by atoms with Crippen molar-refractivity contribution >= 4 is 23.2 Å². The van der Waals surface area contributed by atoms with Crippen LogP contribution in [-0.4, -0.2) is 5.91 Å². The minimum absolute atomic E-state index is 0.0560. The van der Waals surface area contributed by atoms with Gasteiger partial charge in [-0.15, -0.1) is 0 Å². The number of rotatable bonds is 3. The van der Waals surface area contributed by atoms with Crippen LogP contribution in [0.15, 0.2) is 42.5 Å². The number of hydrogen-bond donors (Lipinski definition) is 1. The molecule has 0 radical (unpaired) electrons. The van der Waals surface area contributed by atoms with Gasteiger partial charge in [-0.2, -0.15) is 0 Å². The van der Waals surface area contributed by atoms with Crippen molar-refractivity contribution in [3.63, 3.8) is 0 Å². The Kier molecular flexibility index (Phi) is 3.46. The first kappa shape index (κ1) is 14.1. The zero-order valence-electron chi connectivity index (χ0n) is 11.6. The second kappa shape index (κ2) is 5.15. The van der Waals surface area contributed by atoms with Gasteiger partial charge in [-0.25, -0.2) is 4.39 Å². The number of halogens is 2. The van der Waals surface area contributed by atoms with Crippen molar-refractivity contribution in [1.82, 2.24) is 0 Å². The monoisotopic (exact) mass is 303 g/mol. The summed E-state index contributed by atoms with van der Waals surface area (Å²) in [5.74, 6) is -0.347. The lowest BCUT2D eigenvalue weighted by atomic mass is 9.94. The molecular formula is C17H15ClFNO. The first-order chi connectivity index (χ1) is 10.0. The van der Waals surface area contributed by atoms with Crippen LogP contribution in [0.2, 0.25) is 5.02 Å². The minimum atomic E-state index is -0.525. The van der Waals surface area contributed by atoms with Crippen molar-refractivity contribution in [2.75, 3.05) is 5.32 Å². The third-order valence-corrected chi connectivity index (χ3v) is 4.26. The highest BCUT2D eigenvalue weighted by Gasteiger charge is 2.51. The van der Waals surface area contributed by atoms with Crippen LogP contribution in [-0.2, 0) is 10.2 Å². The number of anilines is 1. The van der Waals surface area contributed by atoms with E-state index in [-0.39, 0.29) is 11.7 Å². The van der Waals surface area contributed by atoms with Gasteiger partial charge >= 0.3 is 0 Å². The second-order valence-corrected chi connectivity index (χ2v) is 5.94. The van der Waals surface area contributed by atoms with Gasteiger partial charge < -0.3 is 5.32 Å². The van der Waals surface area contributed by atoms with Crippen LogP contribution in [0.5, 0.6) is 0 Å². The average Bonchev–Trinajstić information content (AvgIpc) is 3.25. The quantitative estimate of drug-likeness (QED) is 0.891. The van der Waals surface area contributed by atoms with Crippen LogP contribution in [0.25, 0.3) is 0 Å². The normalized spacial score (nSPS) is 15.6. The van der Waals surface area contributed by atoms with Crippen molar-refractivity contribution in [3.05, 3.63) is 64.4 Å². The summed E-state index contributed by atoms with van der Waals surface area (Å²) in [5, 5.41) is 3.54. The van der Waals surface area contributed by atoms with E-state index in [2.05, 4.69) is 5.32 Å². The summed E-state index contributed by atoms with van der Waals surface area (Å²) in [6.45, 7) is 1.92. The molecule has 3 rings (SSSR count). The summed E-state index contributed by atoms with van der Waals surface area (Å²) in [7, 11) is 0. The lowest BCUT2D eigenvalue weighted by Gasteiger charge is -2.17. The van der Waals surface area contributed by atoms with Crippen LogP contribution < -0.4 is 5.32 Å². The van der Waals surface area contributed by atoms with Gasteiger partial charge in [0.2, 0.25) is 5.91 Å². The number of aryl methyl sites for hydroxylation is 1. The Morgan fingerprint density at radius 2 is 1.86 bits per heavy atom. The van der Waals surface area contributed by atoms with E-state index >= 15 is 0 Å². The maximum Gasteiger partial charge on any atom is 0.235 e. The van der Waals surface area contributed by atoms with E-state index in [0.29, 0.717) is 5.02 Å². The van der Waals surface area contributed by atoms with Gasteiger partial charge in [-0.3, -0.25) is 4.79 Å². The molecule has 1 fully saturated rings. The Balaban J connectivity index is 1.85. The summed E-state index contributed by atoms with van der Waals surface area (Å²) >= 11 is 5.97. The SMILES string of the molecule is Cc1ccc(Cl)cc1NC(=O)C1(c2ccc(F)cc2)CC1. The van der Waals surface area contributed by atoms with E-state index < -0.39 is 5.41 Å².